The van der Waals surface area contributed by atoms with Crippen LogP contribution in [0.1, 0.15) is 17.2 Å². The lowest BCUT2D eigenvalue weighted by Crippen LogP contribution is -2.28. The fraction of sp³-hybridized carbons (Fsp3) is 0.476. The van der Waals surface area contributed by atoms with Gasteiger partial charge in [-0.15, -0.1) is 24.8 Å². The maximum Gasteiger partial charge on any atom is 0.127 e. The summed E-state index contributed by atoms with van der Waals surface area (Å²) in [4.78, 5) is 11.8. The van der Waals surface area contributed by atoms with E-state index in [0.29, 0.717) is 6.04 Å². The zero-order valence-corrected chi connectivity index (χ0v) is 17.9. The maximum absolute atomic E-state index is 4.56. The number of pyridine rings is 1. The summed E-state index contributed by atoms with van der Waals surface area (Å²) in [6.07, 6.45) is 2.03. The van der Waals surface area contributed by atoms with Gasteiger partial charge in [0, 0.05) is 52.5 Å². The minimum absolute atomic E-state index is 0. The highest BCUT2D eigenvalue weighted by atomic mass is 35.5. The van der Waals surface area contributed by atoms with Crippen molar-refractivity contribution in [2.45, 2.75) is 12.6 Å². The summed E-state index contributed by atoms with van der Waals surface area (Å²) in [6.45, 7) is 4.61. The van der Waals surface area contributed by atoms with Gasteiger partial charge in [0.1, 0.15) is 5.82 Å². The molecule has 2 aliphatic heterocycles. The molecule has 0 saturated carbocycles. The van der Waals surface area contributed by atoms with Crippen LogP contribution < -0.4 is 4.90 Å². The first-order valence-corrected chi connectivity index (χ1v) is 9.21. The summed E-state index contributed by atoms with van der Waals surface area (Å²) in [5.74, 6) is 2.54. The molecule has 6 heteroatoms. The monoisotopic (exact) mass is 408 g/mol. The lowest BCUT2D eigenvalue weighted by Gasteiger charge is -2.27. The molecule has 148 valence electrons. The van der Waals surface area contributed by atoms with Crippen LogP contribution in [0.5, 0.6) is 0 Å². The maximum atomic E-state index is 4.56. The Kier molecular flexibility index (Phi) is 7.52. The molecule has 0 bridgehead atoms. The molecule has 0 spiro atoms. The zero-order valence-electron chi connectivity index (χ0n) is 16.3. The predicted molar refractivity (Wildman–Crippen MR) is 117 cm³/mol. The molecule has 0 unspecified atom stereocenters. The van der Waals surface area contributed by atoms with Crippen molar-refractivity contribution in [1.29, 1.82) is 0 Å². The third-order valence-electron chi connectivity index (χ3n) is 5.78. The number of nitrogens with zero attached hydrogens (tertiary/aromatic N) is 4. The van der Waals surface area contributed by atoms with Gasteiger partial charge in [-0.25, -0.2) is 4.98 Å². The molecule has 4 nitrogen and oxygen atoms in total. The van der Waals surface area contributed by atoms with Gasteiger partial charge in [0.15, 0.2) is 0 Å². The number of likely N-dealkylation sites (tertiary alicyclic amines) is 2. The zero-order chi connectivity index (χ0) is 17.4. The van der Waals surface area contributed by atoms with Crippen molar-refractivity contribution in [3.63, 3.8) is 0 Å². The van der Waals surface area contributed by atoms with E-state index < -0.39 is 0 Å². The van der Waals surface area contributed by atoms with Gasteiger partial charge in [0.2, 0.25) is 0 Å². The number of aromatic nitrogens is 1. The molecule has 0 N–H and O–H groups in total. The Hall–Kier alpha value is -1.33. The van der Waals surface area contributed by atoms with Crippen LogP contribution in [0.3, 0.4) is 0 Å². The van der Waals surface area contributed by atoms with E-state index in [1.165, 1.54) is 30.8 Å². The molecule has 2 aliphatic rings. The molecule has 3 heterocycles. The van der Waals surface area contributed by atoms with Gasteiger partial charge >= 0.3 is 0 Å². The topological polar surface area (TPSA) is 22.6 Å². The highest BCUT2D eigenvalue weighted by molar-refractivity contribution is 5.85. The van der Waals surface area contributed by atoms with E-state index in [2.05, 4.69) is 64.3 Å². The molecule has 3 atom stereocenters. The third-order valence-corrected chi connectivity index (χ3v) is 5.78. The van der Waals surface area contributed by atoms with Crippen molar-refractivity contribution in [2.75, 3.05) is 45.7 Å². The SMILES string of the molecule is CN(C)c1ccc(CN2C[C@@H]3CN(C)[C@@H](c4ccccc4)[C@@H]3C2)cn1.Cl.Cl. The lowest BCUT2D eigenvalue weighted by atomic mass is 9.90. The standard InChI is InChI=1S/C21H28N4.2ClH/c1-23(2)20-10-9-16(11-22-20)12-25-14-18-13-24(3)21(19(18)15-25)17-7-5-4-6-8-17;;/h4-11,18-19,21H,12-15H2,1-3H3;2*1H/t18-,19+,21-;;/m0../s1. The molecule has 2 saturated heterocycles. The third kappa shape index (κ3) is 4.57. The van der Waals surface area contributed by atoms with Crippen molar-refractivity contribution in [2.24, 2.45) is 11.8 Å². The smallest absolute Gasteiger partial charge is 0.127 e. The van der Waals surface area contributed by atoms with E-state index in [0.717, 1.165) is 24.2 Å². The van der Waals surface area contributed by atoms with Gasteiger partial charge in [-0.3, -0.25) is 9.80 Å². The summed E-state index contributed by atoms with van der Waals surface area (Å²) >= 11 is 0. The first kappa shape index (κ1) is 22.0. The molecule has 0 aliphatic carbocycles. The minimum atomic E-state index is 0. The van der Waals surface area contributed by atoms with Crippen LogP contribution in [0.2, 0.25) is 0 Å². The van der Waals surface area contributed by atoms with Crippen molar-refractivity contribution in [1.82, 2.24) is 14.8 Å². The number of halogens is 2. The fourth-order valence-electron chi connectivity index (χ4n) is 4.66. The van der Waals surface area contributed by atoms with Crippen LogP contribution in [0, 0.1) is 11.8 Å². The summed E-state index contributed by atoms with van der Waals surface area (Å²) < 4.78 is 0. The number of anilines is 1. The molecular formula is C21H30Cl2N4. The molecular weight excluding hydrogens is 379 g/mol. The molecule has 2 aromatic rings. The van der Waals surface area contributed by atoms with E-state index in [-0.39, 0.29) is 24.8 Å². The fourth-order valence-corrected chi connectivity index (χ4v) is 4.66. The Morgan fingerprint density at radius 3 is 2.37 bits per heavy atom. The van der Waals surface area contributed by atoms with Crippen LogP contribution in [-0.2, 0) is 6.54 Å². The van der Waals surface area contributed by atoms with Crippen LogP contribution in [0.25, 0.3) is 0 Å². The first-order chi connectivity index (χ1) is 12.1. The highest BCUT2D eigenvalue weighted by Gasteiger charge is 2.45. The van der Waals surface area contributed by atoms with Gasteiger partial charge < -0.3 is 4.90 Å². The molecule has 0 radical (unpaired) electrons. The Labute approximate surface area is 175 Å². The van der Waals surface area contributed by atoms with E-state index in [1.54, 1.807) is 0 Å². The number of benzene rings is 1. The van der Waals surface area contributed by atoms with E-state index >= 15 is 0 Å². The van der Waals surface area contributed by atoms with E-state index in [9.17, 15) is 0 Å². The van der Waals surface area contributed by atoms with Gasteiger partial charge in [0.25, 0.3) is 0 Å². The van der Waals surface area contributed by atoms with E-state index in [1.807, 2.05) is 25.2 Å². The molecule has 0 amide bonds. The van der Waals surface area contributed by atoms with Crippen molar-refractivity contribution >= 4 is 30.6 Å². The molecule has 1 aromatic heterocycles. The highest BCUT2D eigenvalue weighted by Crippen LogP contribution is 2.44. The summed E-state index contributed by atoms with van der Waals surface area (Å²) in [5.41, 5.74) is 2.78. The quantitative estimate of drug-likeness (QED) is 0.768. The van der Waals surface area contributed by atoms with Crippen LogP contribution in [0.15, 0.2) is 48.7 Å². The summed E-state index contributed by atoms with van der Waals surface area (Å²) in [6, 6.07) is 15.9. The Morgan fingerprint density at radius 2 is 1.74 bits per heavy atom. The van der Waals surface area contributed by atoms with Crippen LogP contribution >= 0.6 is 24.8 Å². The van der Waals surface area contributed by atoms with Gasteiger partial charge in [0.05, 0.1) is 0 Å². The predicted octanol–water partition coefficient (Wildman–Crippen LogP) is 3.73. The van der Waals surface area contributed by atoms with Crippen molar-refractivity contribution in [3.05, 3.63) is 59.8 Å². The second-order valence-electron chi connectivity index (χ2n) is 7.83. The molecule has 27 heavy (non-hydrogen) atoms. The molecule has 4 rings (SSSR count). The number of fused-ring (bicyclic) bond motifs is 1. The second-order valence-corrected chi connectivity index (χ2v) is 7.83. The van der Waals surface area contributed by atoms with Crippen LogP contribution in [-0.4, -0.2) is 55.6 Å². The lowest BCUT2D eigenvalue weighted by molar-refractivity contribution is 0.224. The Bertz CT molecular complexity index is 708. The van der Waals surface area contributed by atoms with Gasteiger partial charge in [-0.2, -0.15) is 0 Å². The Balaban J connectivity index is 0.00000131. The van der Waals surface area contributed by atoms with E-state index in [4.69, 9.17) is 0 Å². The Morgan fingerprint density at radius 1 is 1.00 bits per heavy atom. The van der Waals surface area contributed by atoms with Gasteiger partial charge in [-0.1, -0.05) is 36.4 Å². The first-order valence-electron chi connectivity index (χ1n) is 9.21. The van der Waals surface area contributed by atoms with Crippen molar-refractivity contribution in [3.8, 4) is 0 Å². The number of hydrogen-bond acceptors (Lipinski definition) is 4. The molecule has 2 fully saturated rings. The van der Waals surface area contributed by atoms with Crippen LogP contribution in [0.4, 0.5) is 5.82 Å². The molecule has 1 aromatic carbocycles. The minimum Gasteiger partial charge on any atom is -0.363 e. The second kappa shape index (κ2) is 9.24. The largest absolute Gasteiger partial charge is 0.363 e. The van der Waals surface area contributed by atoms with Crippen molar-refractivity contribution < 1.29 is 0 Å². The average Bonchev–Trinajstić information content (AvgIpc) is 3.11. The summed E-state index contributed by atoms with van der Waals surface area (Å²) in [7, 11) is 6.35. The summed E-state index contributed by atoms with van der Waals surface area (Å²) in [5, 5.41) is 0. The van der Waals surface area contributed by atoms with Gasteiger partial charge in [-0.05, 0) is 36.1 Å². The average molecular weight is 409 g/mol. The normalized spacial score (nSPS) is 24.8. The number of hydrogen-bond donors (Lipinski definition) is 0. The number of rotatable bonds is 4.